The van der Waals surface area contributed by atoms with Gasteiger partial charge in [0.25, 0.3) is 5.56 Å². The van der Waals surface area contributed by atoms with E-state index in [9.17, 15) is 9.59 Å². The molecule has 2 aromatic heterocycles. The number of fused-ring (bicyclic) bond motifs is 2. The molecule has 0 aromatic carbocycles. The quantitative estimate of drug-likeness (QED) is 0.864. The van der Waals surface area contributed by atoms with E-state index in [1.54, 1.807) is 4.52 Å². The molecule has 3 aliphatic rings. The lowest BCUT2D eigenvalue weighted by atomic mass is 9.98. The number of nitrogens with one attached hydrogen (secondary N) is 1. The Hall–Kier alpha value is -2.15. The van der Waals surface area contributed by atoms with E-state index in [4.69, 9.17) is 4.98 Å². The predicted octanol–water partition coefficient (Wildman–Crippen LogP) is 2.50. The normalized spacial score (nSPS) is 27.4. The van der Waals surface area contributed by atoms with Crippen LogP contribution >= 0.6 is 0 Å². The van der Waals surface area contributed by atoms with Crippen molar-refractivity contribution in [3.63, 3.8) is 0 Å². The first-order chi connectivity index (χ1) is 13.9. The average Bonchev–Trinajstić information content (AvgIpc) is 3.29. The molecule has 1 saturated carbocycles. The first-order valence-corrected chi connectivity index (χ1v) is 11.1. The molecule has 3 atom stereocenters. The Morgan fingerprint density at radius 3 is 2.79 bits per heavy atom. The number of aromatic nitrogens is 3. The lowest BCUT2D eigenvalue weighted by Gasteiger charge is -2.37. The van der Waals surface area contributed by atoms with Crippen molar-refractivity contribution in [2.75, 3.05) is 13.1 Å². The molecule has 0 bridgehead atoms. The lowest BCUT2D eigenvalue weighted by Crippen LogP contribution is -2.41. The van der Waals surface area contributed by atoms with Crippen LogP contribution in [0.3, 0.4) is 0 Å². The number of piperidine rings is 1. The fourth-order valence-electron chi connectivity index (χ4n) is 5.17. The summed E-state index contributed by atoms with van der Waals surface area (Å²) in [6.45, 7) is 8.73. The zero-order valence-corrected chi connectivity index (χ0v) is 17.6. The monoisotopic (exact) mass is 397 g/mol. The van der Waals surface area contributed by atoms with E-state index in [-0.39, 0.29) is 17.4 Å². The molecular weight excluding hydrogens is 366 g/mol. The van der Waals surface area contributed by atoms with Gasteiger partial charge in [0.15, 0.2) is 5.65 Å². The van der Waals surface area contributed by atoms with Crippen LogP contribution in [-0.2, 0) is 17.8 Å². The van der Waals surface area contributed by atoms with E-state index in [0.29, 0.717) is 48.7 Å². The fourth-order valence-corrected chi connectivity index (χ4v) is 5.17. The number of amides is 1. The Morgan fingerprint density at radius 1 is 1.28 bits per heavy atom. The summed E-state index contributed by atoms with van der Waals surface area (Å²) < 4.78 is 1.59. The second-order valence-electron chi connectivity index (χ2n) is 9.42. The van der Waals surface area contributed by atoms with Gasteiger partial charge in [-0.25, -0.2) is 9.50 Å². The minimum Gasteiger partial charge on any atom is -0.337 e. The Bertz CT molecular complexity index is 1010. The fraction of sp³-hybridized carbons (Fsp3) is 0.682. The average molecular weight is 398 g/mol. The summed E-state index contributed by atoms with van der Waals surface area (Å²) in [5, 5.41) is 3.35. The van der Waals surface area contributed by atoms with Gasteiger partial charge in [-0.15, -0.1) is 0 Å². The maximum Gasteiger partial charge on any atom is 0.277 e. The van der Waals surface area contributed by atoms with Crippen LogP contribution in [0.4, 0.5) is 0 Å². The summed E-state index contributed by atoms with van der Waals surface area (Å²) in [6.07, 6.45) is 5.17. The number of carbonyl (C=O) groups excluding carboxylic acids is 1. The number of hydrogen-bond acceptors (Lipinski definition) is 4. The number of rotatable bonds is 3. The Labute approximate surface area is 171 Å². The highest BCUT2D eigenvalue weighted by Gasteiger charge is 2.42. The van der Waals surface area contributed by atoms with Crippen molar-refractivity contribution in [2.45, 2.75) is 71.5 Å². The van der Waals surface area contributed by atoms with Crippen molar-refractivity contribution in [2.24, 2.45) is 11.8 Å². The summed E-state index contributed by atoms with van der Waals surface area (Å²) in [7, 11) is 0. The van der Waals surface area contributed by atoms with Crippen molar-refractivity contribution < 1.29 is 4.79 Å². The number of aromatic amines is 1. The van der Waals surface area contributed by atoms with Gasteiger partial charge >= 0.3 is 0 Å². The van der Waals surface area contributed by atoms with Gasteiger partial charge in [-0.05, 0) is 45.6 Å². The number of likely N-dealkylation sites (tertiary alicyclic amines) is 1. The van der Waals surface area contributed by atoms with Gasteiger partial charge in [-0.1, -0.05) is 13.3 Å². The maximum absolute atomic E-state index is 13.2. The number of H-pyrrole nitrogens is 1. The highest BCUT2D eigenvalue weighted by atomic mass is 16.2. The standard InChI is InChI=1S/C22H31N5O2/c1-13(2)26-8-5-4-6-19(26)18-11-20-23-17-7-9-25(21(28)15-10-14(15)3)12-16(17)22(29)27(20)24-18/h11,13-15,19,24H,4-10,12H2,1-3H3/t14-,15+,19+/m1/s1. The Kier molecular flexibility index (Phi) is 4.53. The summed E-state index contributed by atoms with van der Waals surface area (Å²) >= 11 is 0. The largest absolute Gasteiger partial charge is 0.337 e. The molecule has 2 fully saturated rings. The second kappa shape index (κ2) is 6.97. The van der Waals surface area contributed by atoms with E-state index >= 15 is 0 Å². The van der Waals surface area contributed by atoms with Crippen molar-refractivity contribution in [1.82, 2.24) is 24.4 Å². The molecule has 29 heavy (non-hydrogen) atoms. The molecule has 1 saturated heterocycles. The molecule has 1 N–H and O–H groups in total. The highest BCUT2D eigenvalue weighted by molar-refractivity contribution is 5.81. The smallest absolute Gasteiger partial charge is 0.277 e. The molecular formula is C22H31N5O2. The molecule has 4 heterocycles. The molecule has 5 rings (SSSR count). The number of hydrogen-bond donors (Lipinski definition) is 1. The third-order valence-corrected chi connectivity index (χ3v) is 7.09. The van der Waals surface area contributed by atoms with Crippen LogP contribution in [0.1, 0.15) is 69.4 Å². The van der Waals surface area contributed by atoms with Gasteiger partial charge < -0.3 is 4.90 Å². The SMILES string of the molecule is CC(C)N1CCCC[C@H]1c1cc2nc3c(c(=O)n2[nH]1)CN(C(=O)[C@H]1C[C@H]1C)CC3. The molecule has 1 aliphatic carbocycles. The summed E-state index contributed by atoms with van der Waals surface area (Å²) in [4.78, 5) is 35.1. The topological polar surface area (TPSA) is 73.7 Å². The van der Waals surface area contributed by atoms with Crippen molar-refractivity contribution >= 4 is 11.6 Å². The second-order valence-corrected chi connectivity index (χ2v) is 9.42. The van der Waals surface area contributed by atoms with Gasteiger partial charge in [-0.3, -0.25) is 19.6 Å². The minimum atomic E-state index is -0.0514. The van der Waals surface area contributed by atoms with Crippen molar-refractivity contribution in [3.8, 4) is 0 Å². The predicted molar refractivity (Wildman–Crippen MR) is 111 cm³/mol. The van der Waals surface area contributed by atoms with Crippen LogP contribution < -0.4 is 5.56 Å². The first-order valence-electron chi connectivity index (χ1n) is 11.1. The molecule has 0 radical (unpaired) electrons. The van der Waals surface area contributed by atoms with Gasteiger partial charge in [0, 0.05) is 31.0 Å². The van der Waals surface area contributed by atoms with Crippen LogP contribution in [0.5, 0.6) is 0 Å². The Balaban J connectivity index is 1.48. The summed E-state index contributed by atoms with van der Waals surface area (Å²) in [5.41, 5.74) is 3.26. The van der Waals surface area contributed by atoms with E-state index in [2.05, 4.69) is 36.8 Å². The minimum absolute atomic E-state index is 0.0514. The Morgan fingerprint density at radius 2 is 2.07 bits per heavy atom. The molecule has 2 aliphatic heterocycles. The van der Waals surface area contributed by atoms with Gasteiger partial charge in [0.05, 0.1) is 29.5 Å². The van der Waals surface area contributed by atoms with Gasteiger partial charge in [0.1, 0.15) is 0 Å². The third-order valence-electron chi connectivity index (χ3n) is 7.09. The van der Waals surface area contributed by atoms with Crippen LogP contribution in [0.2, 0.25) is 0 Å². The molecule has 7 nitrogen and oxygen atoms in total. The zero-order chi connectivity index (χ0) is 20.3. The van der Waals surface area contributed by atoms with E-state index in [0.717, 1.165) is 30.8 Å². The summed E-state index contributed by atoms with van der Waals surface area (Å²) in [5.74, 6) is 0.840. The zero-order valence-electron chi connectivity index (χ0n) is 17.6. The molecule has 7 heteroatoms. The van der Waals surface area contributed by atoms with Crippen LogP contribution in [-0.4, -0.2) is 49.4 Å². The van der Waals surface area contributed by atoms with Gasteiger partial charge in [-0.2, -0.15) is 0 Å². The highest BCUT2D eigenvalue weighted by Crippen LogP contribution is 2.40. The molecule has 156 valence electrons. The van der Waals surface area contributed by atoms with Crippen molar-refractivity contribution in [1.29, 1.82) is 0 Å². The third kappa shape index (κ3) is 3.19. The molecule has 0 unspecified atom stereocenters. The van der Waals surface area contributed by atoms with Crippen LogP contribution in [0.25, 0.3) is 5.65 Å². The maximum atomic E-state index is 13.2. The molecule has 0 spiro atoms. The van der Waals surface area contributed by atoms with Crippen LogP contribution in [0.15, 0.2) is 10.9 Å². The number of carbonyl (C=O) groups is 1. The van der Waals surface area contributed by atoms with E-state index in [1.807, 2.05) is 4.90 Å². The number of nitrogens with zero attached hydrogens (tertiary/aromatic N) is 4. The van der Waals surface area contributed by atoms with E-state index in [1.165, 1.54) is 12.8 Å². The lowest BCUT2D eigenvalue weighted by molar-refractivity contribution is -0.133. The summed E-state index contributed by atoms with van der Waals surface area (Å²) in [6, 6.07) is 2.82. The van der Waals surface area contributed by atoms with Crippen molar-refractivity contribution in [3.05, 3.63) is 33.4 Å². The van der Waals surface area contributed by atoms with Crippen LogP contribution in [0, 0.1) is 11.8 Å². The first kappa shape index (κ1) is 18.9. The molecule has 1 amide bonds. The van der Waals surface area contributed by atoms with Gasteiger partial charge in [0.2, 0.25) is 5.91 Å². The molecule has 2 aromatic rings. The van der Waals surface area contributed by atoms with E-state index < -0.39 is 0 Å².